The van der Waals surface area contributed by atoms with Crippen LogP contribution < -0.4 is 48.7 Å². The highest BCUT2D eigenvalue weighted by molar-refractivity contribution is 5.98. The minimum absolute atomic E-state index is 0.00467. The number of aliphatic hydroxyl groups excluding tert-OH is 1. The number of carboxylic acid groups (broad SMARTS) is 1. The van der Waals surface area contributed by atoms with Crippen molar-refractivity contribution in [2.75, 3.05) is 26.7 Å². The molecule has 3 rings (SSSR count). The number of likely N-dealkylation sites (tertiary alicyclic amines) is 1. The first-order valence-corrected chi connectivity index (χ1v) is 21.8. The Morgan fingerprint density at radius 3 is 1.94 bits per heavy atom. The first kappa shape index (κ1) is 53.5. The SMILES string of the molecule is CNCC(=O)N[C@@H](CCCN=C(N)N)C(=O)N[C@H](C(=O)N[C@@H](Cc1ccc(O)cc1)C(=O)NC(C)C(=O)N[C@H](C(=O)N1CCC[C@H]1C(=O)N[C@@H](Cc1ccccc1)C(=O)O)[C@@H](C)O)C(C)C. The van der Waals surface area contributed by atoms with Gasteiger partial charge in [0.25, 0.3) is 0 Å². The van der Waals surface area contributed by atoms with Gasteiger partial charge in [-0.05, 0) is 75.8 Å². The molecule has 0 bridgehead atoms. The van der Waals surface area contributed by atoms with Crippen LogP contribution in [0.3, 0.4) is 0 Å². The van der Waals surface area contributed by atoms with Gasteiger partial charge in [-0.2, -0.15) is 0 Å². The van der Waals surface area contributed by atoms with Crippen LogP contribution in [0.4, 0.5) is 0 Å². The summed E-state index contributed by atoms with van der Waals surface area (Å²) in [5.41, 5.74) is 12.0. The van der Waals surface area contributed by atoms with E-state index >= 15 is 0 Å². The molecule has 0 aliphatic carbocycles. The maximum Gasteiger partial charge on any atom is 0.326 e. The lowest BCUT2D eigenvalue weighted by Gasteiger charge is -2.31. The number of aromatic hydroxyl groups is 1. The second kappa shape index (κ2) is 26.2. The number of hydrogen-bond donors (Lipinski definition) is 12. The number of nitrogens with two attached hydrogens (primary N) is 2. The van der Waals surface area contributed by atoms with Gasteiger partial charge in [0.15, 0.2) is 5.96 Å². The summed E-state index contributed by atoms with van der Waals surface area (Å²) in [5, 5.41) is 48.6. The van der Waals surface area contributed by atoms with Crippen molar-refractivity contribution in [3.8, 4) is 5.75 Å². The molecule has 7 amide bonds. The molecule has 66 heavy (non-hydrogen) atoms. The molecule has 14 N–H and O–H groups in total. The first-order valence-electron chi connectivity index (χ1n) is 21.8. The van der Waals surface area contributed by atoms with Crippen LogP contribution in [0.1, 0.15) is 64.5 Å². The van der Waals surface area contributed by atoms with Crippen molar-refractivity contribution >= 4 is 53.3 Å². The number of amides is 7. The van der Waals surface area contributed by atoms with Gasteiger partial charge in [0.2, 0.25) is 41.4 Å². The van der Waals surface area contributed by atoms with Gasteiger partial charge >= 0.3 is 5.97 Å². The smallest absolute Gasteiger partial charge is 0.326 e. The maximum absolute atomic E-state index is 14.0. The molecule has 1 aliphatic heterocycles. The number of aliphatic imine (C=N–C) groups is 1. The van der Waals surface area contributed by atoms with Crippen molar-refractivity contribution in [3.63, 3.8) is 0 Å². The van der Waals surface area contributed by atoms with Gasteiger partial charge in [0.1, 0.15) is 48.0 Å². The van der Waals surface area contributed by atoms with Crippen molar-refractivity contribution < 1.29 is 53.7 Å². The van der Waals surface area contributed by atoms with Crippen molar-refractivity contribution in [2.24, 2.45) is 22.4 Å². The number of hydrogen-bond acceptors (Lipinski definition) is 12. The van der Waals surface area contributed by atoms with Gasteiger partial charge in [-0.15, -0.1) is 0 Å². The number of carboxylic acids is 1. The third-order valence-corrected chi connectivity index (χ3v) is 10.7. The molecule has 22 heteroatoms. The van der Waals surface area contributed by atoms with E-state index in [-0.39, 0.29) is 57.0 Å². The van der Waals surface area contributed by atoms with E-state index in [2.05, 4.69) is 42.2 Å². The predicted molar refractivity (Wildman–Crippen MR) is 242 cm³/mol. The highest BCUT2D eigenvalue weighted by atomic mass is 16.4. The number of aliphatic carboxylic acids is 1. The molecule has 0 radical (unpaired) electrons. The van der Waals surface area contributed by atoms with Crippen LogP contribution in [0, 0.1) is 5.92 Å². The van der Waals surface area contributed by atoms with Crippen LogP contribution in [-0.4, -0.2) is 149 Å². The van der Waals surface area contributed by atoms with Crippen LogP contribution in [0.5, 0.6) is 5.75 Å². The van der Waals surface area contributed by atoms with Crippen molar-refractivity contribution in [2.45, 2.75) is 115 Å². The van der Waals surface area contributed by atoms with Crippen molar-refractivity contribution in [3.05, 3.63) is 65.7 Å². The molecule has 1 unspecified atom stereocenters. The monoisotopic (exact) mass is 923 g/mol. The molecule has 8 atom stereocenters. The second-order valence-corrected chi connectivity index (χ2v) is 16.5. The normalized spacial score (nSPS) is 16.5. The quantitative estimate of drug-likeness (QED) is 0.0278. The van der Waals surface area contributed by atoms with E-state index in [1.54, 1.807) is 51.2 Å². The van der Waals surface area contributed by atoms with Crippen LogP contribution in [0.15, 0.2) is 59.6 Å². The zero-order valence-electron chi connectivity index (χ0n) is 37.9. The molecule has 0 saturated carbocycles. The molecule has 1 saturated heterocycles. The molecule has 22 nitrogen and oxygen atoms in total. The highest BCUT2D eigenvalue weighted by Crippen LogP contribution is 2.20. The van der Waals surface area contributed by atoms with E-state index < -0.39 is 102 Å². The summed E-state index contributed by atoms with van der Waals surface area (Å²) in [7, 11) is 1.56. The fourth-order valence-corrected chi connectivity index (χ4v) is 7.15. The molecule has 1 aliphatic rings. The molecule has 2 aromatic rings. The first-order chi connectivity index (χ1) is 31.2. The van der Waals surface area contributed by atoms with Gasteiger partial charge in [-0.1, -0.05) is 56.3 Å². The van der Waals surface area contributed by atoms with Gasteiger partial charge < -0.3 is 68.9 Å². The van der Waals surface area contributed by atoms with E-state index in [1.165, 1.54) is 43.0 Å². The summed E-state index contributed by atoms with van der Waals surface area (Å²) in [4.78, 5) is 112. The Morgan fingerprint density at radius 1 is 0.742 bits per heavy atom. The number of rotatable bonds is 25. The minimum Gasteiger partial charge on any atom is -0.508 e. The fourth-order valence-electron chi connectivity index (χ4n) is 7.15. The maximum atomic E-state index is 14.0. The third-order valence-electron chi connectivity index (χ3n) is 10.7. The lowest BCUT2D eigenvalue weighted by molar-refractivity contribution is -0.146. The second-order valence-electron chi connectivity index (χ2n) is 16.5. The van der Waals surface area contributed by atoms with Crippen molar-refractivity contribution in [1.82, 2.24) is 42.1 Å². The highest BCUT2D eigenvalue weighted by Gasteiger charge is 2.41. The summed E-state index contributed by atoms with van der Waals surface area (Å²) in [6.07, 6.45) is -0.605. The largest absolute Gasteiger partial charge is 0.508 e. The number of guanidine groups is 1. The fraction of sp³-hybridized carbons (Fsp3) is 0.523. The van der Waals surface area contributed by atoms with Crippen LogP contribution >= 0.6 is 0 Å². The number of phenols is 1. The lowest BCUT2D eigenvalue weighted by atomic mass is 10.00. The number of carbonyl (C=O) groups excluding carboxylic acids is 7. The van der Waals surface area contributed by atoms with Gasteiger partial charge in [-0.25, -0.2) is 4.79 Å². The van der Waals surface area contributed by atoms with Crippen molar-refractivity contribution in [1.29, 1.82) is 0 Å². The summed E-state index contributed by atoms with van der Waals surface area (Å²) in [6, 6.07) is 5.51. The van der Waals surface area contributed by atoms with E-state index in [1.807, 2.05) is 0 Å². The molecular weight excluding hydrogens is 859 g/mol. The Balaban J connectivity index is 1.76. The van der Waals surface area contributed by atoms with Crippen LogP contribution in [-0.2, 0) is 51.2 Å². The molecule has 0 spiro atoms. The number of likely N-dealkylation sites (N-methyl/N-ethyl adjacent to an activating group) is 1. The Bertz CT molecular complexity index is 2010. The lowest BCUT2D eigenvalue weighted by Crippen LogP contribution is -2.61. The van der Waals surface area contributed by atoms with Crippen LogP contribution in [0.2, 0.25) is 0 Å². The number of phenolic OH excluding ortho intramolecular Hbond substituents is 1. The Morgan fingerprint density at radius 2 is 1.35 bits per heavy atom. The standard InChI is InChI=1S/C44H65N11O11/c1-24(2)35(53-38(60)30(50-34(58)23-47-5)13-9-19-48-44(45)46)41(63)51-31(21-28-15-17-29(57)18-16-28)39(61)49-25(3)37(59)54-36(26(4)56)42(64)55-20-10-14-33(55)40(62)52-32(43(65)66)22-27-11-7-6-8-12-27/h6-8,11-12,15-18,24-26,30-33,35-36,47,56-57H,9-10,13-14,19-23H2,1-5H3,(H,49,61)(H,50,58)(H,51,63)(H,52,62)(H,53,60)(H,54,59)(H,65,66)(H4,45,46,48)/t25?,26-,30+,31+,32+,33+,35+,36+/m1/s1. The summed E-state index contributed by atoms with van der Waals surface area (Å²) >= 11 is 0. The zero-order chi connectivity index (χ0) is 49.1. The Labute approximate surface area is 383 Å². The number of aliphatic hydroxyl groups is 1. The molecule has 1 heterocycles. The molecule has 0 aromatic heterocycles. The van der Waals surface area contributed by atoms with E-state index in [0.29, 0.717) is 24.0 Å². The molecule has 1 fully saturated rings. The van der Waals surface area contributed by atoms with E-state index in [9.17, 15) is 53.7 Å². The number of benzene rings is 2. The summed E-state index contributed by atoms with van der Waals surface area (Å²) in [5.74, 6) is -7.19. The number of carbonyl (C=O) groups is 8. The average molecular weight is 924 g/mol. The van der Waals surface area contributed by atoms with E-state index in [0.717, 1.165) is 0 Å². The van der Waals surface area contributed by atoms with Crippen LogP contribution in [0.25, 0.3) is 0 Å². The summed E-state index contributed by atoms with van der Waals surface area (Å²) in [6.45, 7) is 6.07. The summed E-state index contributed by atoms with van der Waals surface area (Å²) < 4.78 is 0. The predicted octanol–water partition coefficient (Wildman–Crippen LogP) is -2.51. The third kappa shape index (κ3) is 17.0. The molecule has 2 aromatic carbocycles. The topological polar surface area (TPSA) is 349 Å². The van der Waals surface area contributed by atoms with Gasteiger partial charge in [0.05, 0.1) is 12.6 Å². The van der Waals surface area contributed by atoms with E-state index in [4.69, 9.17) is 11.5 Å². The number of nitrogens with one attached hydrogen (secondary N) is 7. The average Bonchev–Trinajstić information content (AvgIpc) is 3.76. The number of nitrogens with zero attached hydrogens (tertiary/aromatic N) is 2. The molecule has 362 valence electrons. The zero-order valence-corrected chi connectivity index (χ0v) is 37.9. The Hall–Kier alpha value is -6.81. The Kier molecular flexibility index (Phi) is 21.3. The van der Waals surface area contributed by atoms with Gasteiger partial charge in [-0.3, -0.25) is 38.6 Å². The van der Waals surface area contributed by atoms with Gasteiger partial charge in [0, 0.05) is 25.9 Å². The minimum atomic E-state index is -1.58. The molecular formula is C44H65N11O11.